The number of ether oxygens (including phenoxy) is 1. The third kappa shape index (κ3) is 4.24. The van der Waals surface area contributed by atoms with Crippen molar-refractivity contribution >= 4 is 27.5 Å². The first kappa shape index (κ1) is 17.2. The molecule has 1 heterocycles. The van der Waals surface area contributed by atoms with Gasteiger partial charge in [0.25, 0.3) is 0 Å². The number of halogens is 2. The fourth-order valence-electron chi connectivity index (χ4n) is 2.24. The Bertz CT molecular complexity index is 894. The summed E-state index contributed by atoms with van der Waals surface area (Å²) in [5.74, 6) is 0.386. The van der Waals surface area contributed by atoms with Crippen LogP contribution in [0.3, 0.4) is 0 Å². The number of carbonyl (C=O) groups is 1. The zero-order chi connectivity index (χ0) is 17.8. The average Bonchev–Trinajstić information content (AvgIpc) is 3.06. The van der Waals surface area contributed by atoms with Crippen molar-refractivity contribution in [3.63, 3.8) is 0 Å². The molecular formula is C18H14BrFN2O3. The Kier molecular flexibility index (Phi) is 5.14. The van der Waals surface area contributed by atoms with Crippen molar-refractivity contribution in [3.05, 3.63) is 64.5 Å². The van der Waals surface area contributed by atoms with E-state index >= 15 is 0 Å². The lowest BCUT2D eigenvalue weighted by molar-refractivity contribution is -0.115. The van der Waals surface area contributed by atoms with Crippen LogP contribution in [0, 0.1) is 5.82 Å². The number of aromatic nitrogens is 1. The van der Waals surface area contributed by atoms with Gasteiger partial charge in [-0.2, -0.15) is 0 Å². The first-order valence-electron chi connectivity index (χ1n) is 7.40. The quantitative estimate of drug-likeness (QED) is 0.682. The van der Waals surface area contributed by atoms with Gasteiger partial charge >= 0.3 is 0 Å². The summed E-state index contributed by atoms with van der Waals surface area (Å²) in [6, 6.07) is 13.4. The number of hydrogen-bond acceptors (Lipinski definition) is 4. The lowest BCUT2D eigenvalue weighted by Gasteiger charge is -2.05. The van der Waals surface area contributed by atoms with Gasteiger partial charge < -0.3 is 14.6 Å². The summed E-state index contributed by atoms with van der Waals surface area (Å²) in [4.78, 5) is 12.1. The Balaban J connectivity index is 1.67. The van der Waals surface area contributed by atoms with E-state index in [0.29, 0.717) is 15.9 Å². The number of nitrogens with zero attached hydrogens (tertiary/aromatic N) is 1. The standard InChI is InChI=1S/C18H14BrFN2O3/c1-24-14-5-2-11(3-6-14)17-9-13(22-25-17)10-18(23)21-16-7-4-12(19)8-15(16)20/h2-9H,10H2,1H3,(H,21,23). The lowest BCUT2D eigenvalue weighted by Crippen LogP contribution is -2.15. The van der Waals surface area contributed by atoms with Crippen LogP contribution in [-0.4, -0.2) is 18.2 Å². The van der Waals surface area contributed by atoms with Gasteiger partial charge in [-0.25, -0.2) is 4.39 Å². The highest BCUT2D eigenvalue weighted by atomic mass is 79.9. The van der Waals surface area contributed by atoms with E-state index in [2.05, 4.69) is 26.4 Å². The molecule has 0 saturated carbocycles. The SMILES string of the molecule is COc1ccc(-c2cc(CC(=O)Nc3ccc(Br)cc3F)no2)cc1. The number of hydrogen-bond donors (Lipinski definition) is 1. The van der Waals surface area contributed by atoms with Gasteiger partial charge in [0.2, 0.25) is 5.91 Å². The van der Waals surface area contributed by atoms with Crippen molar-refractivity contribution in [3.8, 4) is 17.1 Å². The predicted octanol–water partition coefficient (Wildman–Crippen LogP) is 4.43. The molecule has 0 aliphatic carbocycles. The molecule has 0 fully saturated rings. The Morgan fingerprint density at radius 3 is 2.68 bits per heavy atom. The van der Waals surface area contributed by atoms with E-state index in [1.165, 1.54) is 12.1 Å². The molecule has 0 aliphatic rings. The molecule has 1 aromatic heterocycles. The van der Waals surface area contributed by atoms with Crippen LogP contribution >= 0.6 is 15.9 Å². The van der Waals surface area contributed by atoms with Crippen molar-refractivity contribution < 1.29 is 18.4 Å². The molecule has 3 rings (SSSR count). The predicted molar refractivity (Wildman–Crippen MR) is 94.9 cm³/mol. The molecule has 2 aromatic carbocycles. The Morgan fingerprint density at radius 2 is 2.00 bits per heavy atom. The molecule has 0 spiro atoms. The molecule has 3 aromatic rings. The fraction of sp³-hybridized carbons (Fsp3) is 0.111. The van der Waals surface area contributed by atoms with Crippen LogP contribution in [0.4, 0.5) is 10.1 Å². The van der Waals surface area contributed by atoms with E-state index in [9.17, 15) is 9.18 Å². The van der Waals surface area contributed by atoms with Crippen molar-refractivity contribution in [2.45, 2.75) is 6.42 Å². The van der Waals surface area contributed by atoms with Crippen LogP contribution in [0.15, 0.2) is 57.5 Å². The van der Waals surface area contributed by atoms with E-state index in [-0.39, 0.29) is 18.0 Å². The van der Waals surface area contributed by atoms with E-state index < -0.39 is 5.82 Å². The molecular weight excluding hydrogens is 391 g/mol. The second-order valence-electron chi connectivity index (χ2n) is 5.26. The summed E-state index contributed by atoms with van der Waals surface area (Å²) in [7, 11) is 1.59. The van der Waals surface area contributed by atoms with Crippen LogP contribution in [0.25, 0.3) is 11.3 Å². The van der Waals surface area contributed by atoms with Crippen LogP contribution < -0.4 is 10.1 Å². The molecule has 25 heavy (non-hydrogen) atoms. The van der Waals surface area contributed by atoms with E-state index in [1.54, 1.807) is 31.4 Å². The van der Waals surface area contributed by atoms with Crippen molar-refractivity contribution in [1.29, 1.82) is 0 Å². The Hall–Kier alpha value is -2.67. The van der Waals surface area contributed by atoms with Gasteiger partial charge in [-0.15, -0.1) is 0 Å². The van der Waals surface area contributed by atoms with Crippen LogP contribution in [-0.2, 0) is 11.2 Å². The van der Waals surface area contributed by atoms with Crippen molar-refractivity contribution in [1.82, 2.24) is 5.16 Å². The van der Waals surface area contributed by atoms with Gasteiger partial charge in [0.1, 0.15) is 11.6 Å². The molecule has 128 valence electrons. The van der Waals surface area contributed by atoms with Crippen LogP contribution in [0.2, 0.25) is 0 Å². The van der Waals surface area contributed by atoms with Gasteiger partial charge in [-0.1, -0.05) is 21.1 Å². The second-order valence-corrected chi connectivity index (χ2v) is 6.18. The smallest absolute Gasteiger partial charge is 0.230 e. The molecule has 0 saturated heterocycles. The van der Waals surface area contributed by atoms with E-state index in [4.69, 9.17) is 9.26 Å². The zero-order valence-electron chi connectivity index (χ0n) is 13.3. The number of carbonyl (C=O) groups excluding carboxylic acids is 1. The molecule has 7 heteroatoms. The summed E-state index contributed by atoms with van der Waals surface area (Å²) in [5.41, 5.74) is 1.40. The highest BCUT2D eigenvalue weighted by molar-refractivity contribution is 9.10. The fourth-order valence-corrected chi connectivity index (χ4v) is 2.57. The highest BCUT2D eigenvalue weighted by Gasteiger charge is 2.13. The van der Waals surface area contributed by atoms with Gasteiger partial charge in [0.05, 0.1) is 24.9 Å². The molecule has 0 aliphatic heterocycles. The van der Waals surface area contributed by atoms with E-state index in [0.717, 1.165) is 11.3 Å². The lowest BCUT2D eigenvalue weighted by atomic mass is 10.1. The molecule has 0 radical (unpaired) electrons. The number of anilines is 1. The first-order valence-corrected chi connectivity index (χ1v) is 8.19. The largest absolute Gasteiger partial charge is 0.497 e. The summed E-state index contributed by atoms with van der Waals surface area (Å²) in [5, 5.41) is 6.40. The molecule has 5 nitrogen and oxygen atoms in total. The van der Waals surface area contributed by atoms with Crippen molar-refractivity contribution in [2.24, 2.45) is 0 Å². The molecule has 1 N–H and O–H groups in total. The average molecular weight is 405 g/mol. The van der Waals surface area contributed by atoms with Crippen LogP contribution in [0.1, 0.15) is 5.69 Å². The minimum atomic E-state index is -0.512. The number of benzene rings is 2. The van der Waals surface area contributed by atoms with Gasteiger partial charge in [0.15, 0.2) is 5.76 Å². The van der Waals surface area contributed by atoms with Crippen LogP contribution in [0.5, 0.6) is 5.75 Å². The number of nitrogens with one attached hydrogen (secondary N) is 1. The highest BCUT2D eigenvalue weighted by Crippen LogP contribution is 2.24. The van der Waals surface area contributed by atoms with Crippen molar-refractivity contribution in [2.75, 3.05) is 12.4 Å². The maximum absolute atomic E-state index is 13.7. The maximum atomic E-state index is 13.7. The summed E-state index contributed by atoms with van der Waals surface area (Å²) < 4.78 is 24.7. The summed E-state index contributed by atoms with van der Waals surface area (Å²) >= 11 is 3.17. The Labute approximate surface area is 151 Å². The summed E-state index contributed by atoms with van der Waals surface area (Å²) in [6.45, 7) is 0. The van der Waals surface area contributed by atoms with Gasteiger partial charge in [0, 0.05) is 16.1 Å². The third-order valence-corrected chi connectivity index (χ3v) is 3.97. The Morgan fingerprint density at radius 1 is 1.24 bits per heavy atom. The number of methoxy groups -OCH3 is 1. The summed E-state index contributed by atoms with van der Waals surface area (Å²) in [6.07, 6.45) is -0.0187. The molecule has 1 amide bonds. The first-order chi connectivity index (χ1) is 12.0. The van der Waals surface area contributed by atoms with E-state index in [1.807, 2.05) is 12.1 Å². The third-order valence-electron chi connectivity index (χ3n) is 3.48. The van der Waals surface area contributed by atoms with Gasteiger partial charge in [-0.3, -0.25) is 4.79 Å². The van der Waals surface area contributed by atoms with Gasteiger partial charge in [-0.05, 0) is 42.5 Å². The monoisotopic (exact) mass is 404 g/mol. The minimum Gasteiger partial charge on any atom is -0.497 e. The number of rotatable bonds is 5. The molecule has 0 bridgehead atoms. The topological polar surface area (TPSA) is 64.4 Å². The second kappa shape index (κ2) is 7.48. The maximum Gasteiger partial charge on any atom is 0.230 e. The molecule has 0 unspecified atom stereocenters. The minimum absolute atomic E-state index is 0.0187. The zero-order valence-corrected chi connectivity index (χ0v) is 14.8. The molecule has 0 atom stereocenters. The number of amides is 1. The normalized spacial score (nSPS) is 10.5.